The van der Waals surface area contributed by atoms with Gasteiger partial charge in [-0.1, -0.05) is 0 Å². The number of hydrogen-bond acceptors (Lipinski definition) is 4. The molecule has 0 bridgehead atoms. The van der Waals surface area contributed by atoms with E-state index >= 15 is 0 Å². The zero-order chi connectivity index (χ0) is 19.4. The van der Waals surface area contributed by atoms with Gasteiger partial charge in [-0.25, -0.2) is 0 Å². The van der Waals surface area contributed by atoms with Gasteiger partial charge in [-0.3, -0.25) is 4.79 Å². The van der Waals surface area contributed by atoms with Crippen molar-refractivity contribution >= 4 is 11.6 Å². The summed E-state index contributed by atoms with van der Waals surface area (Å²) < 4.78 is 43.1. The second-order valence-electron chi connectivity index (χ2n) is 6.02. The Labute approximate surface area is 154 Å². The lowest BCUT2D eigenvalue weighted by Gasteiger charge is -2.24. The monoisotopic (exact) mass is 381 g/mol. The second-order valence-corrected chi connectivity index (χ2v) is 6.02. The highest BCUT2D eigenvalue weighted by Crippen LogP contribution is 2.30. The standard InChI is InChI=1S/C19H18F3NO4/c1-2-25-11-16-10-13-9-12(3-8-17(13)27-26-16)18(24)23-15-6-4-14(5-7-15)19(20,21)22/h3-9,16H,2,10-11H2,1H3,(H,23,24). The molecule has 1 aliphatic rings. The van der Waals surface area contributed by atoms with E-state index in [9.17, 15) is 18.0 Å². The Bertz CT molecular complexity index is 806. The maximum atomic E-state index is 12.6. The number of alkyl halides is 3. The predicted molar refractivity (Wildman–Crippen MR) is 91.5 cm³/mol. The summed E-state index contributed by atoms with van der Waals surface area (Å²) in [6.45, 7) is 2.81. The van der Waals surface area contributed by atoms with E-state index in [0.29, 0.717) is 30.9 Å². The third-order valence-corrected chi connectivity index (χ3v) is 4.02. The maximum absolute atomic E-state index is 12.6. The van der Waals surface area contributed by atoms with Gasteiger partial charge < -0.3 is 14.9 Å². The first-order valence-electron chi connectivity index (χ1n) is 8.39. The third-order valence-electron chi connectivity index (χ3n) is 4.02. The highest BCUT2D eigenvalue weighted by atomic mass is 19.4. The number of nitrogens with one attached hydrogen (secondary N) is 1. The molecule has 0 saturated heterocycles. The topological polar surface area (TPSA) is 56.8 Å². The van der Waals surface area contributed by atoms with Crippen LogP contribution in [0.15, 0.2) is 42.5 Å². The molecule has 2 aromatic carbocycles. The summed E-state index contributed by atoms with van der Waals surface area (Å²) in [5, 5.41) is 2.59. The Morgan fingerprint density at radius 3 is 2.63 bits per heavy atom. The summed E-state index contributed by atoms with van der Waals surface area (Å²) >= 11 is 0. The lowest BCUT2D eigenvalue weighted by atomic mass is 10.0. The molecule has 1 atom stereocenters. The maximum Gasteiger partial charge on any atom is 0.416 e. The quantitative estimate of drug-likeness (QED) is 0.788. The van der Waals surface area contributed by atoms with Gasteiger partial charge in [0.1, 0.15) is 6.10 Å². The van der Waals surface area contributed by atoms with Crippen molar-refractivity contribution in [1.29, 1.82) is 0 Å². The zero-order valence-corrected chi connectivity index (χ0v) is 14.5. The number of anilines is 1. The van der Waals surface area contributed by atoms with Gasteiger partial charge in [-0.15, -0.1) is 0 Å². The van der Waals surface area contributed by atoms with Crippen LogP contribution in [0.3, 0.4) is 0 Å². The SMILES string of the molecule is CCOCC1Cc2cc(C(=O)Nc3ccc(C(F)(F)F)cc3)ccc2OO1. The molecule has 1 unspecified atom stereocenters. The molecular formula is C19H18F3NO4. The normalized spacial score (nSPS) is 16.4. The van der Waals surface area contributed by atoms with E-state index in [1.165, 1.54) is 12.1 Å². The number of hydrogen-bond donors (Lipinski definition) is 1. The van der Waals surface area contributed by atoms with Crippen molar-refractivity contribution in [3.05, 3.63) is 59.2 Å². The second kappa shape index (κ2) is 7.98. The summed E-state index contributed by atoms with van der Waals surface area (Å²) in [5.74, 6) is 0.0965. The van der Waals surface area contributed by atoms with Gasteiger partial charge in [-0.05, 0) is 49.4 Å². The molecule has 2 aromatic rings. The Kier molecular flexibility index (Phi) is 5.67. The van der Waals surface area contributed by atoms with Crippen molar-refractivity contribution in [3.63, 3.8) is 0 Å². The Hall–Kier alpha value is -2.58. The Morgan fingerprint density at radius 1 is 1.22 bits per heavy atom. The van der Waals surface area contributed by atoms with Crippen molar-refractivity contribution in [1.82, 2.24) is 0 Å². The number of benzene rings is 2. The number of ether oxygens (including phenoxy) is 1. The average molecular weight is 381 g/mol. The van der Waals surface area contributed by atoms with E-state index in [1.54, 1.807) is 18.2 Å². The van der Waals surface area contributed by atoms with Gasteiger partial charge in [0.25, 0.3) is 5.91 Å². The largest absolute Gasteiger partial charge is 0.416 e. The van der Waals surface area contributed by atoms with Crippen LogP contribution in [0.4, 0.5) is 18.9 Å². The molecule has 0 spiro atoms. The van der Waals surface area contributed by atoms with E-state index in [4.69, 9.17) is 14.5 Å². The van der Waals surface area contributed by atoms with Crippen molar-refractivity contribution in [2.45, 2.75) is 25.6 Å². The van der Waals surface area contributed by atoms with Gasteiger partial charge in [0, 0.05) is 29.8 Å². The summed E-state index contributed by atoms with van der Waals surface area (Å²) in [6, 6.07) is 9.13. The molecule has 0 saturated carbocycles. The minimum absolute atomic E-state index is 0.273. The number of amides is 1. The van der Waals surface area contributed by atoms with Gasteiger partial charge >= 0.3 is 6.18 Å². The average Bonchev–Trinajstić information content (AvgIpc) is 2.65. The highest BCUT2D eigenvalue weighted by molar-refractivity contribution is 6.04. The fraction of sp³-hybridized carbons (Fsp3) is 0.316. The highest BCUT2D eigenvalue weighted by Gasteiger charge is 2.30. The molecule has 1 amide bonds. The van der Waals surface area contributed by atoms with Crippen LogP contribution >= 0.6 is 0 Å². The molecule has 0 radical (unpaired) electrons. The van der Waals surface area contributed by atoms with E-state index in [0.717, 1.165) is 17.7 Å². The van der Waals surface area contributed by atoms with Crippen molar-refractivity contribution in [2.75, 3.05) is 18.5 Å². The van der Waals surface area contributed by atoms with Crippen LogP contribution in [-0.4, -0.2) is 25.2 Å². The van der Waals surface area contributed by atoms with Gasteiger partial charge in [0.2, 0.25) is 0 Å². The van der Waals surface area contributed by atoms with Crippen LogP contribution in [0.2, 0.25) is 0 Å². The van der Waals surface area contributed by atoms with Crippen LogP contribution in [0.5, 0.6) is 5.75 Å². The Balaban J connectivity index is 1.69. The number of carbonyl (C=O) groups excluding carboxylic acids is 1. The molecule has 0 aliphatic carbocycles. The molecule has 1 aliphatic heterocycles. The van der Waals surface area contributed by atoms with Crippen molar-refractivity contribution < 1.29 is 32.5 Å². The number of carbonyl (C=O) groups is 1. The van der Waals surface area contributed by atoms with E-state index in [2.05, 4.69) is 5.32 Å². The van der Waals surface area contributed by atoms with Gasteiger partial charge in [0.15, 0.2) is 5.75 Å². The van der Waals surface area contributed by atoms with E-state index in [1.807, 2.05) is 6.92 Å². The number of halogens is 3. The third kappa shape index (κ3) is 4.78. The summed E-state index contributed by atoms with van der Waals surface area (Å²) in [7, 11) is 0. The molecule has 1 N–H and O–H groups in total. The first-order chi connectivity index (χ1) is 12.9. The molecule has 144 valence electrons. The fourth-order valence-corrected chi connectivity index (χ4v) is 2.64. The molecule has 0 fully saturated rings. The summed E-state index contributed by atoms with van der Waals surface area (Å²) in [4.78, 5) is 22.8. The number of fused-ring (bicyclic) bond motifs is 1. The van der Waals surface area contributed by atoms with Crippen LogP contribution in [0.25, 0.3) is 0 Å². The van der Waals surface area contributed by atoms with Crippen LogP contribution in [0, 0.1) is 0 Å². The molecule has 27 heavy (non-hydrogen) atoms. The molecule has 3 rings (SSSR count). The van der Waals surface area contributed by atoms with Crippen LogP contribution in [0.1, 0.15) is 28.4 Å². The first kappa shape index (κ1) is 19.2. The lowest BCUT2D eigenvalue weighted by Crippen LogP contribution is -2.28. The predicted octanol–water partition coefficient (Wildman–Crippen LogP) is 4.23. The van der Waals surface area contributed by atoms with Crippen LogP contribution < -0.4 is 10.2 Å². The summed E-state index contributed by atoms with van der Waals surface area (Å²) in [5.41, 5.74) is 0.673. The molecule has 1 heterocycles. The van der Waals surface area contributed by atoms with Crippen LogP contribution in [-0.2, 0) is 22.2 Å². The smallest absolute Gasteiger partial charge is 0.379 e. The minimum Gasteiger partial charge on any atom is -0.379 e. The van der Waals surface area contributed by atoms with E-state index < -0.39 is 17.6 Å². The van der Waals surface area contributed by atoms with E-state index in [-0.39, 0.29) is 11.8 Å². The number of rotatable bonds is 5. The van der Waals surface area contributed by atoms with Crippen molar-refractivity contribution in [3.8, 4) is 5.75 Å². The van der Waals surface area contributed by atoms with Gasteiger partial charge in [0.05, 0.1) is 12.2 Å². The summed E-state index contributed by atoms with van der Waals surface area (Å²) in [6.07, 6.45) is -4.16. The molecule has 5 nitrogen and oxygen atoms in total. The zero-order valence-electron chi connectivity index (χ0n) is 14.5. The minimum atomic E-state index is -4.42. The lowest BCUT2D eigenvalue weighted by molar-refractivity contribution is -0.264. The molecule has 8 heteroatoms. The van der Waals surface area contributed by atoms with Gasteiger partial charge in [-0.2, -0.15) is 18.1 Å². The van der Waals surface area contributed by atoms with Crippen molar-refractivity contribution in [2.24, 2.45) is 0 Å². The first-order valence-corrected chi connectivity index (χ1v) is 8.39. The molecular weight excluding hydrogens is 363 g/mol. The molecule has 0 aromatic heterocycles. The Morgan fingerprint density at radius 2 is 1.96 bits per heavy atom. The fourth-order valence-electron chi connectivity index (χ4n) is 2.64.